The normalized spacial score (nSPS) is 18.6. The molecule has 9 heteroatoms. The number of nitrogens with one attached hydrogen (secondary N) is 1. The van der Waals surface area contributed by atoms with E-state index in [-0.39, 0.29) is 36.2 Å². The van der Waals surface area contributed by atoms with E-state index < -0.39 is 21.3 Å². The summed E-state index contributed by atoms with van der Waals surface area (Å²) < 4.78 is 26.4. The summed E-state index contributed by atoms with van der Waals surface area (Å²) in [5, 5.41) is 2.70. The Bertz CT molecular complexity index is 916. The molecule has 1 aromatic carbocycles. The fourth-order valence-corrected chi connectivity index (χ4v) is 5.81. The first-order valence-electron chi connectivity index (χ1n) is 10.4. The summed E-state index contributed by atoms with van der Waals surface area (Å²) >= 11 is 0. The largest absolute Gasteiger partial charge is 0.350 e. The topological polar surface area (TPSA) is 104 Å². The van der Waals surface area contributed by atoms with Crippen molar-refractivity contribution in [2.45, 2.75) is 57.4 Å². The van der Waals surface area contributed by atoms with E-state index in [0.717, 1.165) is 36.1 Å². The number of amides is 3. The van der Waals surface area contributed by atoms with Crippen LogP contribution in [0.5, 0.6) is 0 Å². The Balaban J connectivity index is 1.56. The van der Waals surface area contributed by atoms with Gasteiger partial charge in [-0.3, -0.25) is 19.3 Å². The maximum Gasteiger partial charge on any atom is 0.243 e. The molecule has 0 aromatic heterocycles. The second-order valence-electron chi connectivity index (χ2n) is 7.96. The van der Waals surface area contributed by atoms with Gasteiger partial charge in [0.05, 0.1) is 10.3 Å². The number of benzene rings is 1. The summed E-state index contributed by atoms with van der Waals surface area (Å²) in [6, 6.07) is 6.34. The van der Waals surface area contributed by atoms with Crippen LogP contribution in [0.2, 0.25) is 0 Å². The lowest BCUT2D eigenvalue weighted by molar-refractivity contribution is -0.144. The zero-order valence-electron chi connectivity index (χ0n) is 17.5. The summed E-state index contributed by atoms with van der Waals surface area (Å²) in [7, 11) is -3.52. The maximum absolute atomic E-state index is 12.6. The van der Waals surface area contributed by atoms with Gasteiger partial charge >= 0.3 is 0 Å². The predicted octanol–water partition coefficient (Wildman–Crippen LogP) is 1.65. The Hall–Kier alpha value is -2.26. The van der Waals surface area contributed by atoms with Gasteiger partial charge in [0, 0.05) is 26.1 Å². The van der Waals surface area contributed by atoms with Gasteiger partial charge in [-0.1, -0.05) is 38.8 Å². The van der Waals surface area contributed by atoms with Crippen LogP contribution in [-0.4, -0.2) is 55.0 Å². The Labute approximate surface area is 177 Å². The number of carbonyl (C=O) groups excluding carboxylic acids is 3. The molecule has 1 saturated carbocycles. The molecule has 0 unspecified atom stereocenters. The molecule has 1 aliphatic heterocycles. The van der Waals surface area contributed by atoms with E-state index in [0.29, 0.717) is 13.1 Å². The van der Waals surface area contributed by atoms with Crippen LogP contribution in [0.4, 0.5) is 0 Å². The van der Waals surface area contributed by atoms with Crippen LogP contribution in [0.25, 0.3) is 0 Å². The number of sulfonamides is 1. The molecule has 0 radical (unpaired) electrons. The minimum absolute atomic E-state index is 0.186. The van der Waals surface area contributed by atoms with Crippen LogP contribution in [0, 0.1) is 5.41 Å². The van der Waals surface area contributed by atoms with Crippen molar-refractivity contribution in [2.24, 2.45) is 5.41 Å². The SMILES string of the molecule is CCN(CC)S(=O)(=O)c1ccc(CNC(=O)CN2C(=O)CC3(CCCC3)C2=O)cc1. The fraction of sp³-hybridized carbons (Fsp3) is 0.571. The van der Waals surface area contributed by atoms with Gasteiger partial charge in [-0.25, -0.2) is 8.42 Å². The highest BCUT2D eigenvalue weighted by atomic mass is 32.2. The molecule has 1 aromatic rings. The van der Waals surface area contributed by atoms with Crippen molar-refractivity contribution in [1.29, 1.82) is 0 Å². The van der Waals surface area contributed by atoms with Crippen molar-refractivity contribution < 1.29 is 22.8 Å². The third-order valence-corrected chi connectivity index (χ3v) is 8.17. The summed E-state index contributed by atoms with van der Waals surface area (Å²) in [5.41, 5.74) is 0.150. The number of carbonyl (C=O) groups is 3. The second-order valence-corrected chi connectivity index (χ2v) is 9.90. The average Bonchev–Trinajstić information content (AvgIpc) is 3.28. The highest BCUT2D eigenvalue weighted by Crippen LogP contribution is 2.46. The summed E-state index contributed by atoms with van der Waals surface area (Å²) in [5.74, 6) is -0.902. The number of hydrogen-bond donors (Lipinski definition) is 1. The van der Waals surface area contributed by atoms with Crippen LogP contribution in [0.3, 0.4) is 0 Å². The van der Waals surface area contributed by atoms with Crippen molar-refractivity contribution in [1.82, 2.24) is 14.5 Å². The molecule has 2 aliphatic rings. The van der Waals surface area contributed by atoms with Crippen LogP contribution in [-0.2, 0) is 31.0 Å². The summed E-state index contributed by atoms with van der Waals surface area (Å²) in [6.45, 7) is 4.28. The highest BCUT2D eigenvalue weighted by molar-refractivity contribution is 7.89. The third kappa shape index (κ3) is 4.27. The Kier molecular flexibility index (Phi) is 6.62. The second kappa shape index (κ2) is 8.85. The fourth-order valence-electron chi connectivity index (χ4n) is 4.35. The quantitative estimate of drug-likeness (QED) is 0.626. The lowest BCUT2D eigenvalue weighted by Gasteiger charge is -2.20. The predicted molar refractivity (Wildman–Crippen MR) is 111 cm³/mol. The smallest absolute Gasteiger partial charge is 0.243 e. The van der Waals surface area contributed by atoms with Crippen molar-refractivity contribution in [3.05, 3.63) is 29.8 Å². The van der Waals surface area contributed by atoms with E-state index in [9.17, 15) is 22.8 Å². The molecule has 1 spiro atoms. The minimum Gasteiger partial charge on any atom is -0.350 e. The molecular formula is C21H29N3O5S. The van der Waals surface area contributed by atoms with Gasteiger partial charge in [-0.15, -0.1) is 0 Å². The van der Waals surface area contributed by atoms with Gasteiger partial charge in [-0.05, 0) is 30.5 Å². The summed E-state index contributed by atoms with van der Waals surface area (Å²) in [6.07, 6.45) is 3.54. The van der Waals surface area contributed by atoms with E-state index in [2.05, 4.69) is 5.32 Å². The van der Waals surface area contributed by atoms with Crippen molar-refractivity contribution >= 4 is 27.7 Å². The van der Waals surface area contributed by atoms with E-state index in [1.54, 1.807) is 26.0 Å². The van der Waals surface area contributed by atoms with Gasteiger partial charge in [0.25, 0.3) is 0 Å². The van der Waals surface area contributed by atoms with E-state index in [1.807, 2.05) is 0 Å². The lowest BCUT2D eigenvalue weighted by Crippen LogP contribution is -2.42. The first kappa shape index (κ1) is 22.4. The maximum atomic E-state index is 12.6. The Morgan fingerprint density at radius 2 is 1.70 bits per heavy atom. The standard InChI is InChI=1S/C21H29N3O5S/c1-3-23(4-2)30(28,29)17-9-7-16(8-10-17)14-22-18(25)15-24-19(26)13-21(20(24)27)11-5-6-12-21/h7-10H,3-6,11-15H2,1-2H3,(H,22,25). The molecule has 164 valence electrons. The Morgan fingerprint density at radius 3 is 2.27 bits per heavy atom. The third-order valence-electron chi connectivity index (χ3n) is 6.11. The molecule has 1 aliphatic carbocycles. The van der Waals surface area contributed by atoms with Gasteiger partial charge in [0.15, 0.2) is 0 Å². The molecule has 1 N–H and O–H groups in total. The summed E-state index contributed by atoms with van der Waals surface area (Å²) in [4.78, 5) is 38.5. The molecule has 8 nitrogen and oxygen atoms in total. The van der Waals surface area contributed by atoms with E-state index in [1.165, 1.54) is 16.4 Å². The molecule has 1 saturated heterocycles. The zero-order valence-corrected chi connectivity index (χ0v) is 18.3. The zero-order chi connectivity index (χ0) is 21.9. The number of hydrogen-bond acceptors (Lipinski definition) is 5. The minimum atomic E-state index is -3.52. The molecule has 0 atom stereocenters. The first-order valence-corrected chi connectivity index (χ1v) is 11.9. The monoisotopic (exact) mass is 435 g/mol. The van der Waals surface area contributed by atoms with Crippen LogP contribution < -0.4 is 5.32 Å². The van der Waals surface area contributed by atoms with Crippen LogP contribution >= 0.6 is 0 Å². The van der Waals surface area contributed by atoms with Gasteiger partial charge in [0.2, 0.25) is 27.7 Å². The van der Waals surface area contributed by atoms with E-state index in [4.69, 9.17) is 0 Å². The van der Waals surface area contributed by atoms with Crippen LogP contribution in [0.15, 0.2) is 29.2 Å². The van der Waals surface area contributed by atoms with Crippen molar-refractivity contribution in [2.75, 3.05) is 19.6 Å². The highest BCUT2D eigenvalue weighted by Gasteiger charge is 2.52. The molecule has 0 bridgehead atoms. The number of imide groups is 1. The number of likely N-dealkylation sites (tertiary alicyclic amines) is 1. The first-order chi connectivity index (χ1) is 14.2. The molecule has 1 heterocycles. The van der Waals surface area contributed by atoms with Crippen LogP contribution in [0.1, 0.15) is 51.5 Å². The Morgan fingerprint density at radius 1 is 1.10 bits per heavy atom. The van der Waals surface area contributed by atoms with Gasteiger partial charge < -0.3 is 5.32 Å². The number of nitrogens with zero attached hydrogens (tertiary/aromatic N) is 2. The molecule has 30 heavy (non-hydrogen) atoms. The average molecular weight is 436 g/mol. The van der Waals surface area contributed by atoms with Gasteiger partial charge in [0.1, 0.15) is 6.54 Å². The molecule has 3 amide bonds. The number of rotatable bonds is 8. The molecular weight excluding hydrogens is 406 g/mol. The van der Waals surface area contributed by atoms with Crippen molar-refractivity contribution in [3.63, 3.8) is 0 Å². The molecule has 3 rings (SSSR count). The lowest BCUT2D eigenvalue weighted by atomic mass is 9.84. The molecule has 2 fully saturated rings. The van der Waals surface area contributed by atoms with Crippen molar-refractivity contribution in [3.8, 4) is 0 Å². The van der Waals surface area contributed by atoms with Gasteiger partial charge in [-0.2, -0.15) is 4.31 Å². The van der Waals surface area contributed by atoms with E-state index >= 15 is 0 Å².